The molecule has 0 unspecified atom stereocenters. The molecule has 0 aliphatic rings. The van der Waals surface area contributed by atoms with E-state index < -0.39 is 0 Å². The lowest BCUT2D eigenvalue weighted by Crippen LogP contribution is -2.15. The maximum atomic E-state index is 13.2. The van der Waals surface area contributed by atoms with Gasteiger partial charge in [-0.25, -0.2) is 9.07 Å². The van der Waals surface area contributed by atoms with Crippen LogP contribution in [0, 0.1) is 5.82 Å². The number of rotatable bonds is 9. The Labute approximate surface area is 173 Å². The molecule has 6 nitrogen and oxygen atoms in total. The number of para-hydroxylation sites is 1. The first-order chi connectivity index (χ1) is 14.2. The SMILES string of the molecule is Cn1nnnc1SCCCNCc1cn(Cc2ccc(F)cc2)c2ccccc12. The van der Waals surface area contributed by atoms with Gasteiger partial charge < -0.3 is 9.88 Å². The minimum Gasteiger partial charge on any atom is -0.343 e. The van der Waals surface area contributed by atoms with Crippen LogP contribution in [0.5, 0.6) is 0 Å². The fourth-order valence-corrected chi connectivity index (χ4v) is 4.10. The number of nitrogens with one attached hydrogen (secondary N) is 1. The number of halogens is 1. The number of aryl methyl sites for hydroxylation is 1. The number of hydrogen-bond acceptors (Lipinski definition) is 5. The summed E-state index contributed by atoms with van der Waals surface area (Å²) in [5.74, 6) is 0.762. The van der Waals surface area contributed by atoms with Crippen LogP contribution >= 0.6 is 11.8 Å². The third-order valence-electron chi connectivity index (χ3n) is 4.76. The van der Waals surface area contributed by atoms with Crippen LogP contribution in [-0.2, 0) is 20.1 Å². The van der Waals surface area contributed by atoms with Gasteiger partial charge in [-0.05, 0) is 52.7 Å². The van der Waals surface area contributed by atoms with Gasteiger partial charge >= 0.3 is 0 Å². The van der Waals surface area contributed by atoms with E-state index in [1.165, 1.54) is 28.6 Å². The Morgan fingerprint density at radius 3 is 2.72 bits per heavy atom. The molecular weight excluding hydrogens is 387 g/mol. The molecule has 2 aromatic carbocycles. The summed E-state index contributed by atoms with van der Waals surface area (Å²) < 4.78 is 17.1. The molecule has 150 valence electrons. The van der Waals surface area contributed by atoms with Crippen molar-refractivity contribution in [2.45, 2.75) is 24.7 Å². The fourth-order valence-electron chi connectivity index (χ4n) is 3.31. The van der Waals surface area contributed by atoms with Crippen molar-refractivity contribution >= 4 is 22.7 Å². The predicted octanol–water partition coefficient (Wildman–Crippen LogP) is 3.62. The Morgan fingerprint density at radius 2 is 1.93 bits per heavy atom. The summed E-state index contributed by atoms with van der Waals surface area (Å²) in [6.45, 7) is 2.46. The standard InChI is InChI=1S/C21H23FN6S/c1-27-21(24-25-26-27)29-12-4-11-23-13-17-15-28(20-6-3-2-5-19(17)20)14-16-7-9-18(22)10-8-16/h2-3,5-10,15,23H,4,11-14H2,1H3. The molecule has 0 aliphatic carbocycles. The minimum atomic E-state index is -0.204. The van der Waals surface area contributed by atoms with Crippen molar-refractivity contribution in [1.82, 2.24) is 30.1 Å². The lowest BCUT2D eigenvalue weighted by Gasteiger charge is -2.05. The topological polar surface area (TPSA) is 60.6 Å². The molecule has 0 radical (unpaired) electrons. The summed E-state index contributed by atoms with van der Waals surface area (Å²) in [6, 6.07) is 15.1. The first kappa shape index (κ1) is 19.6. The number of aromatic nitrogens is 5. The van der Waals surface area contributed by atoms with Crippen molar-refractivity contribution in [2.24, 2.45) is 7.05 Å². The second-order valence-corrected chi connectivity index (χ2v) is 7.95. The highest BCUT2D eigenvalue weighted by Gasteiger charge is 2.09. The average molecular weight is 411 g/mol. The molecular formula is C21H23FN6S. The number of benzene rings is 2. The van der Waals surface area contributed by atoms with E-state index >= 15 is 0 Å². The first-order valence-electron chi connectivity index (χ1n) is 9.58. The second kappa shape index (κ2) is 9.19. The van der Waals surface area contributed by atoms with Crippen LogP contribution < -0.4 is 5.32 Å². The molecule has 4 rings (SSSR count). The molecule has 0 bridgehead atoms. The van der Waals surface area contributed by atoms with Crippen LogP contribution in [-0.4, -0.2) is 37.1 Å². The van der Waals surface area contributed by atoms with E-state index in [-0.39, 0.29) is 5.82 Å². The Bertz CT molecular complexity index is 1070. The van der Waals surface area contributed by atoms with Crippen LogP contribution in [0.15, 0.2) is 59.9 Å². The van der Waals surface area contributed by atoms with Gasteiger partial charge in [0, 0.05) is 43.0 Å². The van der Waals surface area contributed by atoms with Gasteiger partial charge in [-0.2, -0.15) is 0 Å². The van der Waals surface area contributed by atoms with Crippen molar-refractivity contribution in [3.05, 3.63) is 71.7 Å². The van der Waals surface area contributed by atoms with Crippen LogP contribution in [0.2, 0.25) is 0 Å². The monoisotopic (exact) mass is 410 g/mol. The number of nitrogens with zero attached hydrogens (tertiary/aromatic N) is 5. The van der Waals surface area contributed by atoms with Gasteiger partial charge in [0.15, 0.2) is 0 Å². The van der Waals surface area contributed by atoms with Gasteiger partial charge in [0.25, 0.3) is 0 Å². The van der Waals surface area contributed by atoms with Gasteiger partial charge in [0.2, 0.25) is 5.16 Å². The van der Waals surface area contributed by atoms with Crippen LogP contribution in [0.1, 0.15) is 17.5 Å². The van der Waals surface area contributed by atoms with Gasteiger partial charge in [-0.15, -0.1) is 5.10 Å². The van der Waals surface area contributed by atoms with Crippen molar-refractivity contribution in [2.75, 3.05) is 12.3 Å². The molecule has 0 spiro atoms. The molecule has 0 saturated heterocycles. The molecule has 1 N–H and O–H groups in total. The quantitative estimate of drug-likeness (QED) is 0.337. The Hall–Kier alpha value is -2.71. The molecule has 0 saturated carbocycles. The fraction of sp³-hybridized carbons (Fsp3) is 0.286. The highest BCUT2D eigenvalue weighted by atomic mass is 32.2. The van der Waals surface area contributed by atoms with Crippen molar-refractivity contribution in [1.29, 1.82) is 0 Å². The number of hydrogen-bond donors (Lipinski definition) is 1. The van der Waals surface area contributed by atoms with Crippen molar-refractivity contribution in [3.8, 4) is 0 Å². The highest BCUT2D eigenvalue weighted by molar-refractivity contribution is 7.99. The molecule has 2 heterocycles. The molecule has 2 aromatic heterocycles. The summed E-state index contributed by atoms with van der Waals surface area (Å²) in [7, 11) is 1.85. The molecule has 4 aromatic rings. The van der Waals surface area contributed by atoms with E-state index in [0.717, 1.165) is 42.5 Å². The van der Waals surface area contributed by atoms with Crippen molar-refractivity contribution < 1.29 is 4.39 Å². The summed E-state index contributed by atoms with van der Waals surface area (Å²) in [4.78, 5) is 0. The third-order valence-corrected chi connectivity index (χ3v) is 5.86. The lowest BCUT2D eigenvalue weighted by molar-refractivity contribution is 0.626. The van der Waals surface area contributed by atoms with E-state index in [2.05, 4.69) is 55.9 Å². The molecule has 29 heavy (non-hydrogen) atoms. The zero-order chi connectivity index (χ0) is 20.1. The van der Waals surface area contributed by atoms with Crippen LogP contribution in [0.3, 0.4) is 0 Å². The van der Waals surface area contributed by atoms with Gasteiger partial charge in [0.1, 0.15) is 5.82 Å². The van der Waals surface area contributed by atoms with E-state index in [4.69, 9.17) is 0 Å². The summed E-state index contributed by atoms with van der Waals surface area (Å²) in [5.41, 5.74) is 3.55. The third kappa shape index (κ3) is 4.83. The molecule has 0 fully saturated rings. The molecule has 8 heteroatoms. The van der Waals surface area contributed by atoms with E-state index in [0.29, 0.717) is 0 Å². The number of fused-ring (bicyclic) bond motifs is 1. The molecule has 0 atom stereocenters. The molecule has 0 amide bonds. The van der Waals surface area contributed by atoms with Gasteiger partial charge in [0.05, 0.1) is 0 Å². The smallest absolute Gasteiger partial charge is 0.209 e. The Morgan fingerprint density at radius 1 is 1.10 bits per heavy atom. The average Bonchev–Trinajstić information content (AvgIpc) is 3.30. The second-order valence-electron chi connectivity index (χ2n) is 6.89. The van der Waals surface area contributed by atoms with Gasteiger partial charge in [-0.3, -0.25) is 0 Å². The van der Waals surface area contributed by atoms with Crippen LogP contribution in [0.25, 0.3) is 10.9 Å². The van der Waals surface area contributed by atoms with E-state index in [9.17, 15) is 4.39 Å². The lowest BCUT2D eigenvalue weighted by atomic mass is 10.2. The number of tetrazole rings is 1. The van der Waals surface area contributed by atoms with E-state index in [1.54, 1.807) is 16.4 Å². The Balaban J connectivity index is 1.35. The molecule has 0 aliphatic heterocycles. The predicted molar refractivity (Wildman–Crippen MR) is 113 cm³/mol. The normalized spacial score (nSPS) is 11.4. The van der Waals surface area contributed by atoms with Gasteiger partial charge in [-0.1, -0.05) is 42.1 Å². The number of thioether (sulfide) groups is 1. The van der Waals surface area contributed by atoms with E-state index in [1.807, 2.05) is 19.2 Å². The Kier molecular flexibility index (Phi) is 6.21. The summed E-state index contributed by atoms with van der Waals surface area (Å²) in [6.07, 6.45) is 3.23. The maximum absolute atomic E-state index is 13.2. The van der Waals surface area contributed by atoms with Crippen LogP contribution in [0.4, 0.5) is 4.39 Å². The minimum absolute atomic E-state index is 0.204. The summed E-state index contributed by atoms with van der Waals surface area (Å²) >= 11 is 1.66. The highest BCUT2D eigenvalue weighted by Crippen LogP contribution is 2.22. The summed E-state index contributed by atoms with van der Waals surface area (Å²) in [5, 5.41) is 17.1. The largest absolute Gasteiger partial charge is 0.343 e. The maximum Gasteiger partial charge on any atom is 0.209 e. The zero-order valence-corrected chi connectivity index (χ0v) is 17.1. The zero-order valence-electron chi connectivity index (χ0n) is 16.3. The first-order valence-corrected chi connectivity index (χ1v) is 10.6. The van der Waals surface area contributed by atoms with Crippen molar-refractivity contribution in [3.63, 3.8) is 0 Å².